The van der Waals surface area contributed by atoms with E-state index >= 15 is 0 Å². The predicted octanol–water partition coefficient (Wildman–Crippen LogP) is 4.65. The van der Waals surface area contributed by atoms with E-state index in [9.17, 15) is 4.79 Å². The van der Waals surface area contributed by atoms with E-state index in [1.54, 1.807) is 0 Å². The second-order valence-electron chi connectivity index (χ2n) is 7.01. The molecule has 0 atom stereocenters. The zero-order valence-electron chi connectivity index (χ0n) is 16.5. The lowest BCUT2D eigenvalue weighted by Crippen LogP contribution is -2.30. The van der Waals surface area contributed by atoms with Crippen molar-refractivity contribution >= 4 is 46.4 Å². The van der Waals surface area contributed by atoms with Gasteiger partial charge in [-0.1, -0.05) is 30.3 Å². The maximum atomic E-state index is 12.1. The van der Waals surface area contributed by atoms with E-state index in [2.05, 4.69) is 41.8 Å². The maximum absolute atomic E-state index is 12.1. The van der Waals surface area contributed by atoms with Crippen molar-refractivity contribution in [2.24, 2.45) is 0 Å². The van der Waals surface area contributed by atoms with Crippen LogP contribution in [-0.4, -0.2) is 29.9 Å². The first-order chi connectivity index (χ1) is 13.5. The second-order valence-corrected chi connectivity index (χ2v) is 8.52. The average molecular weight is 414 g/mol. The lowest BCUT2D eigenvalue weighted by Gasteiger charge is -2.20. The molecule has 28 heavy (non-hydrogen) atoms. The normalized spacial score (nSPS) is 13.6. The largest absolute Gasteiger partial charge is 0.362 e. The van der Waals surface area contributed by atoms with Gasteiger partial charge in [0.05, 0.1) is 0 Å². The smallest absolute Gasteiger partial charge is 0.227 e. The number of rotatable bonds is 7. The number of amides is 1. The molecule has 0 aromatic heterocycles. The third-order valence-corrected chi connectivity index (χ3v) is 6.14. The van der Waals surface area contributed by atoms with Crippen LogP contribution >= 0.6 is 24.0 Å². The topological polar surface area (TPSA) is 44.4 Å². The first kappa shape index (κ1) is 20.7. The van der Waals surface area contributed by atoms with Crippen molar-refractivity contribution in [2.75, 3.05) is 29.1 Å². The molecule has 1 aliphatic rings. The highest BCUT2D eigenvalue weighted by Gasteiger charge is 2.23. The Labute approximate surface area is 177 Å². The monoisotopic (exact) mass is 413 g/mol. The summed E-state index contributed by atoms with van der Waals surface area (Å²) >= 11 is 7.32. The van der Waals surface area contributed by atoms with Crippen molar-refractivity contribution in [3.05, 3.63) is 59.2 Å². The summed E-state index contributed by atoms with van der Waals surface area (Å²) < 4.78 is 0. The fourth-order valence-electron chi connectivity index (χ4n) is 3.25. The Morgan fingerprint density at radius 3 is 2.75 bits per heavy atom. The third kappa shape index (κ3) is 5.49. The Kier molecular flexibility index (Phi) is 7.34. The van der Waals surface area contributed by atoms with Crippen molar-refractivity contribution in [1.29, 1.82) is 0 Å². The van der Waals surface area contributed by atoms with Gasteiger partial charge in [0.1, 0.15) is 0 Å². The molecule has 2 aromatic rings. The quantitative estimate of drug-likeness (QED) is 0.511. The molecule has 0 radical (unpaired) electrons. The molecule has 4 nitrogen and oxygen atoms in total. The minimum absolute atomic E-state index is 0.201. The van der Waals surface area contributed by atoms with Crippen LogP contribution < -0.4 is 15.5 Å². The van der Waals surface area contributed by atoms with Gasteiger partial charge in [0.2, 0.25) is 5.91 Å². The van der Waals surface area contributed by atoms with Gasteiger partial charge >= 0.3 is 0 Å². The number of hydrogen-bond acceptors (Lipinski definition) is 3. The van der Waals surface area contributed by atoms with Gasteiger partial charge in [0.15, 0.2) is 5.11 Å². The summed E-state index contributed by atoms with van der Waals surface area (Å²) in [6.45, 7) is 5.79. The van der Waals surface area contributed by atoms with E-state index in [0.29, 0.717) is 11.5 Å². The molecule has 1 heterocycles. The number of carbonyl (C=O) groups is 1. The van der Waals surface area contributed by atoms with Crippen LogP contribution in [0.25, 0.3) is 0 Å². The standard InChI is InChI=1S/C22H27N3OS2/c1-16-6-3-4-7-18(16)15-28-13-11-23-22(27)24-19-10-9-17(2)20(14-19)25-12-5-8-21(25)26/h3-4,6-7,9-10,14H,5,8,11-13,15H2,1-2H3,(H2,23,24,27). The summed E-state index contributed by atoms with van der Waals surface area (Å²) in [6, 6.07) is 14.5. The molecular weight excluding hydrogens is 386 g/mol. The molecular formula is C22H27N3OS2. The SMILES string of the molecule is Cc1ccccc1CSCCNC(=S)Nc1ccc(C)c(N2CCCC2=O)c1. The summed E-state index contributed by atoms with van der Waals surface area (Å²) in [6.07, 6.45) is 1.56. The molecule has 0 spiro atoms. The van der Waals surface area contributed by atoms with Gasteiger partial charge in [-0.3, -0.25) is 4.79 Å². The molecule has 3 rings (SSSR count). The van der Waals surface area contributed by atoms with Gasteiger partial charge in [-0.25, -0.2) is 0 Å². The molecule has 2 N–H and O–H groups in total. The lowest BCUT2D eigenvalue weighted by atomic mass is 10.1. The van der Waals surface area contributed by atoms with Crippen LogP contribution in [0.5, 0.6) is 0 Å². The molecule has 1 amide bonds. The summed E-state index contributed by atoms with van der Waals surface area (Å²) in [5.74, 6) is 2.20. The van der Waals surface area contributed by atoms with E-state index in [1.165, 1.54) is 11.1 Å². The van der Waals surface area contributed by atoms with Crippen LogP contribution in [0.3, 0.4) is 0 Å². The van der Waals surface area contributed by atoms with E-state index in [1.807, 2.05) is 41.8 Å². The zero-order chi connectivity index (χ0) is 19.9. The maximum Gasteiger partial charge on any atom is 0.227 e. The van der Waals surface area contributed by atoms with Crippen molar-refractivity contribution in [2.45, 2.75) is 32.4 Å². The van der Waals surface area contributed by atoms with Crippen molar-refractivity contribution in [1.82, 2.24) is 5.32 Å². The number of nitrogens with one attached hydrogen (secondary N) is 2. The Hall–Kier alpha value is -2.05. The zero-order valence-corrected chi connectivity index (χ0v) is 18.1. The number of carbonyl (C=O) groups excluding carboxylic acids is 1. The molecule has 1 saturated heterocycles. The molecule has 0 aliphatic carbocycles. The van der Waals surface area contributed by atoms with Gasteiger partial charge in [0, 0.05) is 42.4 Å². The van der Waals surface area contributed by atoms with Crippen LogP contribution in [0.2, 0.25) is 0 Å². The number of nitrogens with zero attached hydrogens (tertiary/aromatic N) is 1. The molecule has 148 valence electrons. The lowest BCUT2D eigenvalue weighted by molar-refractivity contribution is -0.117. The molecule has 2 aromatic carbocycles. The molecule has 6 heteroatoms. The first-order valence-electron chi connectivity index (χ1n) is 9.63. The number of anilines is 2. The number of thiocarbonyl (C=S) groups is 1. The highest BCUT2D eigenvalue weighted by molar-refractivity contribution is 7.98. The average Bonchev–Trinajstić information content (AvgIpc) is 3.10. The van der Waals surface area contributed by atoms with Gasteiger partial charge in [-0.15, -0.1) is 0 Å². The van der Waals surface area contributed by atoms with Gasteiger partial charge < -0.3 is 15.5 Å². The van der Waals surface area contributed by atoms with Crippen molar-refractivity contribution < 1.29 is 4.79 Å². The van der Waals surface area contributed by atoms with Crippen LogP contribution in [0, 0.1) is 13.8 Å². The van der Waals surface area contributed by atoms with Crippen LogP contribution in [0.1, 0.15) is 29.5 Å². The predicted molar refractivity (Wildman–Crippen MR) is 124 cm³/mol. The van der Waals surface area contributed by atoms with E-state index in [4.69, 9.17) is 12.2 Å². The Balaban J connectivity index is 1.45. The van der Waals surface area contributed by atoms with Crippen molar-refractivity contribution in [3.63, 3.8) is 0 Å². The molecule has 1 fully saturated rings. The minimum Gasteiger partial charge on any atom is -0.362 e. The number of thioether (sulfide) groups is 1. The van der Waals surface area contributed by atoms with Gasteiger partial charge in [-0.05, 0) is 61.3 Å². The van der Waals surface area contributed by atoms with Gasteiger partial charge in [-0.2, -0.15) is 11.8 Å². The van der Waals surface area contributed by atoms with Crippen LogP contribution in [-0.2, 0) is 10.5 Å². The molecule has 0 saturated carbocycles. The minimum atomic E-state index is 0.201. The molecule has 0 unspecified atom stereocenters. The van der Waals surface area contributed by atoms with Crippen molar-refractivity contribution in [3.8, 4) is 0 Å². The fraction of sp³-hybridized carbons (Fsp3) is 0.364. The van der Waals surface area contributed by atoms with Gasteiger partial charge in [0.25, 0.3) is 0 Å². The van der Waals surface area contributed by atoms with Crippen LogP contribution in [0.4, 0.5) is 11.4 Å². The van der Waals surface area contributed by atoms with E-state index < -0.39 is 0 Å². The first-order valence-corrected chi connectivity index (χ1v) is 11.2. The molecule has 1 aliphatic heterocycles. The number of hydrogen-bond donors (Lipinski definition) is 2. The van der Waals surface area contributed by atoms with E-state index in [-0.39, 0.29) is 5.91 Å². The fourth-order valence-corrected chi connectivity index (χ4v) is 4.40. The Morgan fingerprint density at radius 2 is 2.00 bits per heavy atom. The van der Waals surface area contributed by atoms with Crippen LogP contribution in [0.15, 0.2) is 42.5 Å². The summed E-state index contributed by atoms with van der Waals surface area (Å²) in [7, 11) is 0. The third-order valence-electron chi connectivity index (χ3n) is 4.88. The highest BCUT2D eigenvalue weighted by Crippen LogP contribution is 2.28. The number of benzene rings is 2. The second kappa shape index (κ2) is 9.94. The Morgan fingerprint density at radius 1 is 1.18 bits per heavy atom. The summed E-state index contributed by atoms with van der Waals surface area (Å²) in [5.41, 5.74) is 5.71. The highest BCUT2D eigenvalue weighted by atomic mass is 32.2. The molecule has 0 bridgehead atoms. The summed E-state index contributed by atoms with van der Waals surface area (Å²) in [5, 5.41) is 7.11. The number of aryl methyl sites for hydroxylation is 2. The van der Waals surface area contributed by atoms with E-state index in [0.717, 1.165) is 48.0 Å². The Bertz CT molecular complexity index is 853. The summed E-state index contributed by atoms with van der Waals surface area (Å²) in [4.78, 5) is 13.9.